The first-order valence-corrected chi connectivity index (χ1v) is 10.1. The fourth-order valence-electron chi connectivity index (χ4n) is 4.67. The Bertz CT molecular complexity index is 1020. The number of hydrogen-bond donors (Lipinski definition) is 0. The zero-order valence-electron chi connectivity index (χ0n) is 16.2. The van der Waals surface area contributed by atoms with Gasteiger partial charge in [-0.3, -0.25) is 14.1 Å². The van der Waals surface area contributed by atoms with Crippen molar-refractivity contribution in [3.63, 3.8) is 0 Å². The van der Waals surface area contributed by atoms with Crippen molar-refractivity contribution < 1.29 is 4.79 Å². The average molecular weight is 375 g/mol. The van der Waals surface area contributed by atoms with E-state index in [1.807, 2.05) is 28.5 Å². The fraction of sp³-hybridized carbons (Fsp3) is 0.409. The Kier molecular flexibility index (Phi) is 4.36. The number of amides is 1. The fourth-order valence-corrected chi connectivity index (χ4v) is 4.67. The zero-order chi connectivity index (χ0) is 19.1. The molecule has 3 aromatic rings. The highest BCUT2D eigenvalue weighted by Crippen LogP contribution is 2.26. The number of likely N-dealkylation sites (tertiary alicyclic amines) is 1. The zero-order valence-corrected chi connectivity index (χ0v) is 16.2. The van der Waals surface area contributed by atoms with E-state index >= 15 is 0 Å². The third-order valence-corrected chi connectivity index (χ3v) is 6.21. The van der Waals surface area contributed by atoms with Gasteiger partial charge in [-0.15, -0.1) is 0 Å². The maximum absolute atomic E-state index is 13.2. The number of imidazole rings is 1. The van der Waals surface area contributed by atoms with E-state index in [4.69, 9.17) is 0 Å². The molecule has 28 heavy (non-hydrogen) atoms. The number of fused-ring (bicyclic) bond motifs is 2. The van der Waals surface area contributed by atoms with Crippen molar-refractivity contribution in [2.45, 2.75) is 38.8 Å². The first-order chi connectivity index (χ1) is 13.7. The first kappa shape index (κ1) is 17.4. The van der Waals surface area contributed by atoms with Crippen LogP contribution in [-0.4, -0.2) is 55.8 Å². The lowest BCUT2D eigenvalue weighted by Crippen LogP contribution is -2.48. The molecule has 2 aliphatic rings. The molecule has 0 spiro atoms. The van der Waals surface area contributed by atoms with Crippen LogP contribution in [0.15, 0.2) is 42.7 Å². The SMILES string of the molecule is Cc1nc2ncccn2c1C(=O)N1CCC(N2CCc3ccccc3C2)CC1. The molecular weight excluding hydrogens is 350 g/mol. The molecule has 2 aliphatic heterocycles. The summed E-state index contributed by atoms with van der Waals surface area (Å²) in [5.41, 5.74) is 4.34. The van der Waals surface area contributed by atoms with Crippen LogP contribution >= 0.6 is 0 Å². The average Bonchev–Trinajstić information content (AvgIpc) is 3.08. The predicted octanol–water partition coefficient (Wildman–Crippen LogP) is 2.70. The van der Waals surface area contributed by atoms with E-state index in [9.17, 15) is 4.79 Å². The quantitative estimate of drug-likeness (QED) is 0.691. The van der Waals surface area contributed by atoms with E-state index in [1.54, 1.807) is 6.20 Å². The molecular formula is C22H25N5O. The van der Waals surface area contributed by atoms with Crippen LogP contribution in [-0.2, 0) is 13.0 Å². The smallest absolute Gasteiger partial charge is 0.272 e. The number of aromatic nitrogens is 3. The summed E-state index contributed by atoms with van der Waals surface area (Å²) in [5.74, 6) is 0.658. The van der Waals surface area contributed by atoms with Crippen LogP contribution in [0.5, 0.6) is 0 Å². The largest absolute Gasteiger partial charge is 0.337 e. The van der Waals surface area contributed by atoms with Gasteiger partial charge in [0.25, 0.3) is 5.91 Å². The van der Waals surface area contributed by atoms with E-state index in [-0.39, 0.29) is 5.91 Å². The maximum Gasteiger partial charge on any atom is 0.272 e. The van der Waals surface area contributed by atoms with Crippen LogP contribution in [0.1, 0.15) is 40.2 Å². The van der Waals surface area contributed by atoms with Crippen molar-refractivity contribution in [2.75, 3.05) is 19.6 Å². The topological polar surface area (TPSA) is 53.7 Å². The lowest BCUT2D eigenvalue weighted by Gasteiger charge is -2.40. The molecule has 6 heteroatoms. The van der Waals surface area contributed by atoms with Gasteiger partial charge in [0.2, 0.25) is 5.78 Å². The van der Waals surface area contributed by atoms with Gasteiger partial charge in [0, 0.05) is 44.6 Å². The van der Waals surface area contributed by atoms with Gasteiger partial charge in [0.05, 0.1) is 5.69 Å². The van der Waals surface area contributed by atoms with E-state index < -0.39 is 0 Å². The van der Waals surface area contributed by atoms with Crippen LogP contribution in [0.4, 0.5) is 0 Å². The molecule has 6 nitrogen and oxygen atoms in total. The second-order valence-corrected chi connectivity index (χ2v) is 7.85. The van der Waals surface area contributed by atoms with Gasteiger partial charge in [-0.05, 0) is 43.4 Å². The number of carbonyl (C=O) groups is 1. The number of piperidine rings is 1. The summed E-state index contributed by atoms with van der Waals surface area (Å²) < 4.78 is 1.81. The number of aryl methyl sites for hydroxylation is 1. The highest BCUT2D eigenvalue weighted by molar-refractivity contribution is 5.94. The van der Waals surface area contributed by atoms with Crippen LogP contribution in [0.2, 0.25) is 0 Å². The number of hydrogen-bond acceptors (Lipinski definition) is 4. The Labute approximate surface area is 164 Å². The molecule has 4 heterocycles. The van der Waals surface area contributed by atoms with Gasteiger partial charge in [0.1, 0.15) is 5.69 Å². The lowest BCUT2D eigenvalue weighted by atomic mass is 9.95. The van der Waals surface area contributed by atoms with Crippen molar-refractivity contribution in [1.29, 1.82) is 0 Å². The highest BCUT2D eigenvalue weighted by atomic mass is 16.2. The number of rotatable bonds is 2. The van der Waals surface area contributed by atoms with E-state index in [2.05, 4.69) is 39.1 Å². The summed E-state index contributed by atoms with van der Waals surface area (Å²) in [5, 5.41) is 0. The molecule has 5 rings (SSSR count). The third-order valence-electron chi connectivity index (χ3n) is 6.21. The first-order valence-electron chi connectivity index (χ1n) is 10.1. The standard InChI is InChI=1S/C22H25N5O/c1-16-20(27-11-4-10-23-22(27)24-16)21(28)25-13-8-19(9-14-25)26-12-7-17-5-2-3-6-18(17)15-26/h2-6,10-11,19H,7-9,12-15H2,1H3. The molecule has 1 amide bonds. The van der Waals surface area contributed by atoms with E-state index in [0.29, 0.717) is 17.5 Å². The molecule has 1 saturated heterocycles. The summed E-state index contributed by atoms with van der Waals surface area (Å²) in [4.78, 5) is 26.4. The van der Waals surface area contributed by atoms with Crippen molar-refractivity contribution in [1.82, 2.24) is 24.2 Å². The predicted molar refractivity (Wildman–Crippen MR) is 107 cm³/mol. The monoisotopic (exact) mass is 375 g/mol. The summed E-state index contributed by atoms with van der Waals surface area (Å²) in [6.07, 6.45) is 6.76. The molecule has 0 atom stereocenters. The minimum atomic E-state index is 0.0699. The summed E-state index contributed by atoms with van der Waals surface area (Å²) in [6.45, 7) is 5.64. The van der Waals surface area contributed by atoms with Crippen molar-refractivity contribution in [3.8, 4) is 0 Å². The van der Waals surface area contributed by atoms with Gasteiger partial charge in [-0.1, -0.05) is 24.3 Å². The molecule has 1 fully saturated rings. The second kappa shape index (κ2) is 7.02. The van der Waals surface area contributed by atoms with Crippen LogP contribution in [0.25, 0.3) is 5.78 Å². The Morgan fingerprint density at radius 1 is 1.07 bits per heavy atom. The lowest BCUT2D eigenvalue weighted by molar-refractivity contribution is 0.0592. The molecule has 2 aromatic heterocycles. The molecule has 0 saturated carbocycles. The third kappa shape index (κ3) is 2.98. The van der Waals surface area contributed by atoms with Gasteiger partial charge in [0.15, 0.2) is 0 Å². The summed E-state index contributed by atoms with van der Waals surface area (Å²) in [7, 11) is 0. The molecule has 0 bridgehead atoms. The van der Waals surface area contributed by atoms with Gasteiger partial charge in [-0.2, -0.15) is 0 Å². The molecule has 1 aromatic carbocycles. The van der Waals surface area contributed by atoms with E-state index in [0.717, 1.165) is 51.1 Å². The highest BCUT2D eigenvalue weighted by Gasteiger charge is 2.31. The number of carbonyl (C=O) groups excluding carboxylic acids is 1. The molecule has 0 N–H and O–H groups in total. The second-order valence-electron chi connectivity index (χ2n) is 7.85. The molecule has 0 aliphatic carbocycles. The Morgan fingerprint density at radius 2 is 1.86 bits per heavy atom. The Balaban J connectivity index is 1.27. The van der Waals surface area contributed by atoms with Crippen LogP contribution < -0.4 is 0 Å². The maximum atomic E-state index is 13.2. The van der Waals surface area contributed by atoms with E-state index in [1.165, 1.54) is 11.1 Å². The summed E-state index contributed by atoms with van der Waals surface area (Å²) in [6, 6.07) is 11.2. The minimum absolute atomic E-state index is 0.0699. The molecule has 144 valence electrons. The van der Waals surface area contributed by atoms with Crippen molar-refractivity contribution in [2.24, 2.45) is 0 Å². The number of benzene rings is 1. The minimum Gasteiger partial charge on any atom is -0.337 e. The van der Waals surface area contributed by atoms with Gasteiger partial charge < -0.3 is 4.90 Å². The van der Waals surface area contributed by atoms with Gasteiger partial charge in [-0.25, -0.2) is 9.97 Å². The van der Waals surface area contributed by atoms with Crippen LogP contribution in [0, 0.1) is 6.92 Å². The van der Waals surface area contributed by atoms with Crippen LogP contribution in [0.3, 0.4) is 0 Å². The Morgan fingerprint density at radius 3 is 2.68 bits per heavy atom. The number of nitrogens with zero attached hydrogens (tertiary/aromatic N) is 5. The van der Waals surface area contributed by atoms with Gasteiger partial charge >= 0.3 is 0 Å². The van der Waals surface area contributed by atoms with Crippen molar-refractivity contribution in [3.05, 3.63) is 65.2 Å². The molecule has 0 unspecified atom stereocenters. The molecule has 0 radical (unpaired) electrons. The normalized spacial score (nSPS) is 18.4. The Hall–Kier alpha value is -2.73. The van der Waals surface area contributed by atoms with Crippen molar-refractivity contribution >= 4 is 11.7 Å². The summed E-state index contributed by atoms with van der Waals surface area (Å²) >= 11 is 0.